The van der Waals surface area contributed by atoms with Crippen molar-refractivity contribution in [3.8, 4) is 5.75 Å². The van der Waals surface area contributed by atoms with Crippen molar-refractivity contribution in [3.05, 3.63) is 59.9 Å². The van der Waals surface area contributed by atoms with Crippen LogP contribution in [0.4, 0.5) is 0 Å². The molecule has 2 aromatic carbocycles. The highest BCUT2D eigenvalue weighted by Crippen LogP contribution is 2.24. The number of imidazole rings is 1. The smallest absolute Gasteiger partial charge is 0.331 e. The first-order chi connectivity index (χ1) is 16.9. The standard InChI is InChI=1S/C25H29N3O6S/c1-3-28-23-11-10-21(35(30,31)27-13-15-32-16-14-27)17-22(23)26-24(28)18-34-25(29)12-7-19-5-8-20(9-6-19)33-4-2/h5-12,17H,3-4,13-16,18H2,1-2H3/b12-7+. The Labute approximate surface area is 205 Å². The largest absolute Gasteiger partial charge is 0.494 e. The van der Waals surface area contributed by atoms with Gasteiger partial charge in [-0.25, -0.2) is 18.2 Å². The van der Waals surface area contributed by atoms with Crippen LogP contribution < -0.4 is 4.74 Å². The normalized spacial score (nSPS) is 15.0. The molecule has 0 unspecified atom stereocenters. The SMILES string of the molecule is CCOc1ccc(/C=C/C(=O)OCc2nc3cc(S(=O)(=O)N4CCOCC4)ccc3n2CC)cc1. The molecule has 1 fully saturated rings. The molecule has 0 spiro atoms. The molecule has 0 N–H and O–H groups in total. The van der Waals surface area contributed by atoms with Crippen LogP contribution in [0.15, 0.2) is 53.4 Å². The van der Waals surface area contributed by atoms with E-state index in [0.717, 1.165) is 16.8 Å². The summed E-state index contributed by atoms with van der Waals surface area (Å²) in [6, 6.07) is 12.3. The number of aryl methyl sites for hydroxylation is 1. The second-order valence-corrected chi connectivity index (χ2v) is 9.82. The molecule has 0 amide bonds. The Morgan fingerprint density at radius 2 is 1.86 bits per heavy atom. The molecule has 186 valence electrons. The number of morpholine rings is 1. The summed E-state index contributed by atoms with van der Waals surface area (Å²) in [4.78, 5) is 17.0. The van der Waals surface area contributed by atoms with Crippen molar-refractivity contribution in [3.63, 3.8) is 0 Å². The van der Waals surface area contributed by atoms with E-state index in [0.29, 0.717) is 50.8 Å². The first-order valence-electron chi connectivity index (χ1n) is 11.6. The third kappa shape index (κ3) is 5.72. The van der Waals surface area contributed by atoms with Crippen LogP contribution in [0.25, 0.3) is 17.1 Å². The molecule has 0 atom stereocenters. The molecular formula is C25H29N3O6S. The van der Waals surface area contributed by atoms with Gasteiger partial charge in [0, 0.05) is 25.7 Å². The molecule has 9 nitrogen and oxygen atoms in total. The van der Waals surface area contributed by atoms with Crippen LogP contribution in [-0.2, 0) is 37.4 Å². The molecule has 10 heteroatoms. The fourth-order valence-corrected chi connectivity index (χ4v) is 5.34. The number of benzene rings is 2. The van der Waals surface area contributed by atoms with Gasteiger partial charge in [-0.05, 0) is 55.8 Å². The quantitative estimate of drug-likeness (QED) is 0.329. The minimum Gasteiger partial charge on any atom is -0.494 e. The van der Waals surface area contributed by atoms with Gasteiger partial charge in [0.05, 0.1) is 35.7 Å². The van der Waals surface area contributed by atoms with Crippen molar-refractivity contribution in [1.82, 2.24) is 13.9 Å². The lowest BCUT2D eigenvalue weighted by molar-refractivity contribution is -0.139. The van der Waals surface area contributed by atoms with Gasteiger partial charge >= 0.3 is 5.97 Å². The highest BCUT2D eigenvalue weighted by atomic mass is 32.2. The number of carbonyl (C=O) groups is 1. The molecule has 1 aliphatic heterocycles. The van der Waals surface area contributed by atoms with E-state index >= 15 is 0 Å². The average Bonchev–Trinajstić information content (AvgIpc) is 3.24. The van der Waals surface area contributed by atoms with Crippen LogP contribution >= 0.6 is 0 Å². The van der Waals surface area contributed by atoms with Gasteiger partial charge in [-0.15, -0.1) is 0 Å². The van der Waals surface area contributed by atoms with Crippen LogP contribution in [-0.4, -0.2) is 61.2 Å². The van der Waals surface area contributed by atoms with E-state index in [2.05, 4.69) is 4.98 Å². The summed E-state index contributed by atoms with van der Waals surface area (Å²) in [5.41, 5.74) is 2.17. The van der Waals surface area contributed by atoms with Crippen LogP contribution in [0.3, 0.4) is 0 Å². The number of aromatic nitrogens is 2. The molecule has 4 rings (SSSR count). The summed E-state index contributed by atoms with van der Waals surface area (Å²) < 4.78 is 45.4. The van der Waals surface area contributed by atoms with Gasteiger partial charge in [-0.2, -0.15) is 4.31 Å². The molecule has 1 aliphatic rings. The Bertz CT molecular complexity index is 1310. The lowest BCUT2D eigenvalue weighted by Crippen LogP contribution is -2.40. The van der Waals surface area contributed by atoms with Gasteiger partial charge in [0.1, 0.15) is 18.2 Å². The van der Waals surface area contributed by atoms with Crippen LogP contribution in [0.1, 0.15) is 25.2 Å². The molecule has 0 radical (unpaired) electrons. The zero-order valence-electron chi connectivity index (χ0n) is 19.8. The number of fused-ring (bicyclic) bond motifs is 1. The zero-order valence-corrected chi connectivity index (χ0v) is 20.7. The van der Waals surface area contributed by atoms with E-state index in [1.54, 1.807) is 24.3 Å². The minimum absolute atomic E-state index is 0.0273. The summed E-state index contributed by atoms with van der Waals surface area (Å²) in [7, 11) is -3.63. The maximum atomic E-state index is 13.0. The summed E-state index contributed by atoms with van der Waals surface area (Å²) in [5.74, 6) is 0.821. The molecule has 1 aromatic heterocycles. The number of rotatable bonds is 9. The third-order valence-corrected chi connectivity index (χ3v) is 7.56. The van der Waals surface area contributed by atoms with Crippen molar-refractivity contribution >= 4 is 33.1 Å². The van der Waals surface area contributed by atoms with Gasteiger partial charge in [0.15, 0.2) is 0 Å². The Morgan fingerprint density at radius 3 is 2.54 bits per heavy atom. The highest BCUT2D eigenvalue weighted by molar-refractivity contribution is 7.89. The number of sulfonamides is 1. The van der Waals surface area contributed by atoms with Gasteiger partial charge in [0.2, 0.25) is 10.0 Å². The fraction of sp³-hybridized carbons (Fsp3) is 0.360. The van der Waals surface area contributed by atoms with Crippen molar-refractivity contribution < 1.29 is 27.4 Å². The number of carbonyl (C=O) groups excluding carboxylic acids is 1. The predicted octanol–water partition coefficient (Wildman–Crippen LogP) is 3.23. The molecule has 2 heterocycles. The third-order valence-electron chi connectivity index (χ3n) is 5.67. The Balaban J connectivity index is 1.46. The predicted molar refractivity (Wildman–Crippen MR) is 131 cm³/mol. The van der Waals surface area contributed by atoms with E-state index in [1.807, 2.05) is 42.7 Å². The monoisotopic (exact) mass is 499 g/mol. The number of hydrogen-bond donors (Lipinski definition) is 0. The van der Waals surface area contributed by atoms with Crippen molar-refractivity contribution in [2.24, 2.45) is 0 Å². The van der Waals surface area contributed by atoms with Crippen molar-refractivity contribution in [1.29, 1.82) is 0 Å². The Hall–Kier alpha value is -3.21. The van der Waals surface area contributed by atoms with Crippen molar-refractivity contribution in [2.45, 2.75) is 31.9 Å². The van der Waals surface area contributed by atoms with E-state index in [9.17, 15) is 13.2 Å². The van der Waals surface area contributed by atoms with Gasteiger partial charge in [-0.3, -0.25) is 0 Å². The van der Waals surface area contributed by atoms with E-state index < -0.39 is 16.0 Å². The number of hydrogen-bond acceptors (Lipinski definition) is 7. The maximum absolute atomic E-state index is 13.0. The molecule has 0 aliphatic carbocycles. The molecule has 35 heavy (non-hydrogen) atoms. The van der Waals surface area contributed by atoms with Gasteiger partial charge in [-0.1, -0.05) is 12.1 Å². The summed E-state index contributed by atoms with van der Waals surface area (Å²) in [5, 5.41) is 0. The number of esters is 1. The average molecular weight is 500 g/mol. The fourth-order valence-electron chi connectivity index (χ4n) is 3.91. The molecular weight excluding hydrogens is 470 g/mol. The first kappa shape index (κ1) is 24.9. The molecule has 0 saturated carbocycles. The van der Waals surface area contributed by atoms with Crippen LogP contribution in [0, 0.1) is 0 Å². The highest BCUT2D eigenvalue weighted by Gasteiger charge is 2.27. The summed E-state index contributed by atoms with van der Waals surface area (Å²) in [6.45, 7) is 6.46. The zero-order chi connectivity index (χ0) is 24.8. The van der Waals surface area contributed by atoms with E-state index in [-0.39, 0.29) is 11.5 Å². The Kier molecular flexibility index (Phi) is 7.84. The van der Waals surface area contributed by atoms with Gasteiger partial charge in [0.25, 0.3) is 0 Å². The molecule has 0 bridgehead atoms. The topological polar surface area (TPSA) is 100.0 Å². The van der Waals surface area contributed by atoms with E-state index in [4.69, 9.17) is 14.2 Å². The number of nitrogens with zero attached hydrogens (tertiary/aromatic N) is 3. The first-order valence-corrected chi connectivity index (χ1v) is 13.0. The van der Waals surface area contributed by atoms with Crippen molar-refractivity contribution in [2.75, 3.05) is 32.9 Å². The Morgan fingerprint density at radius 1 is 1.11 bits per heavy atom. The van der Waals surface area contributed by atoms with Crippen LogP contribution in [0.2, 0.25) is 0 Å². The maximum Gasteiger partial charge on any atom is 0.331 e. The molecule has 1 saturated heterocycles. The second-order valence-electron chi connectivity index (χ2n) is 7.88. The minimum atomic E-state index is -3.63. The second kappa shape index (κ2) is 11.0. The summed E-state index contributed by atoms with van der Waals surface area (Å²) in [6.07, 6.45) is 3.03. The lowest BCUT2D eigenvalue weighted by atomic mass is 10.2. The van der Waals surface area contributed by atoms with Gasteiger partial charge < -0.3 is 18.8 Å². The molecule has 3 aromatic rings. The van der Waals surface area contributed by atoms with E-state index in [1.165, 1.54) is 10.4 Å². The van der Waals surface area contributed by atoms with Crippen LogP contribution in [0.5, 0.6) is 5.75 Å². The number of ether oxygens (including phenoxy) is 3. The lowest BCUT2D eigenvalue weighted by Gasteiger charge is -2.26. The summed E-state index contributed by atoms with van der Waals surface area (Å²) >= 11 is 0.